The maximum absolute atomic E-state index is 11.8. The molecule has 2 amide bonds. The van der Waals surface area contributed by atoms with Gasteiger partial charge in [-0.3, -0.25) is 0 Å². The quantitative estimate of drug-likeness (QED) is 0.811. The van der Waals surface area contributed by atoms with E-state index in [-0.39, 0.29) is 6.54 Å². The van der Waals surface area contributed by atoms with Crippen molar-refractivity contribution in [2.75, 3.05) is 11.9 Å². The molecule has 0 bridgehead atoms. The second-order valence-corrected chi connectivity index (χ2v) is 5.39. The summed E-state index contributed by atoms with van der Waals surface area (Å²) in [5, 5.41) is 16.2. The average Bonchev–Trinajstić information content (AvgIpc) is 2.46. The summed E-state index contributed by atoms with van der Waals surface area (Å²) in [4.78, 5) is 11.8. The van der Waals surface area contributed by atoms with Gasteiger partial charge in [-0.15, -0.1) is 0 Å². The molecular weight excluding hydrogens is 288 g/mol. The van der Waals surface area contributed by atoms with E-state index in [2.05, 4.69) is 10.6 Å². The molecule has 1 atom stereocenters. The molecule has 3 N–H and O–H groups in total. The number of benzene rings is 2. The van der Waals surface area contributed by atoms with E-state index < -0.39 is 11.6 Å². The Hall–Kier alpha value is -2.04. The van der Waals surface area contributed by atoms with Crippen molar-refractivity contribution in [1.82, 2.24) is 5.32 Å². The normalized spacial score (nSPS) is 13.3. The first kappa shape index (κ1) is 15.4. The Bertz CT molecular complexity index is 615. The summed E-state index contributed by atoms with van der Waals surface area (Å²) in [5.41, 5.74) is 0.208. The van der Waals surface area contributed by atoms with Crippen molar-refractivity contribution in [3.63, 3.8) is 0 Å². The molecule has 2 rings (SSSR count). The van der Waals surface area contributed by atoms with Crippen LogP contribution in [0.15, 0.2) is 54.6 Å². The van der Waals surface area contributed by atoms with Crippen LogP contribution in [0.25, 0.3) is 0 Å². The molecule has 2 aromatic carbocycles. The lowest BCUT2D eigenvalue weighted by Gasteiger charge is -2.24. The number of carbonyl (C=O) groups excluding carboxylic acids is 1. The minimum Gasteiger partial charge on any atom is -0.384 e. The fourth-order valence-electron chi connectivity index (χ4n) is 1.89. The summed E-state index contributed by atoms with van der Waals surface area (Å²) in [6.45, 7) is 1.76. The molecule has 0 saturated carbocycles. The van der Waals surface area contributed by atoms with Gasteiger partial charge < -0.3 is 15.7 Å². The highest BCUT2D eigenvalue weighted by Gasteiger charge is 2.23. The van der Waals surface area contributed by atoms with Crippen LogP contribution in [0.1, 0.15) is 12.5 Å². The molecule has 0 radical (unpaired) electrons. The number of urea groups is 1. The van der Waals surface area contributed by atoms with Crippen LogP contribution in [0.4, 0.5) is 10.5 Å². The summed E-state index contributed by atoms with van der Waals surface area (Å²) in [7, 11) is 0. The highest BCUT2D eigenvalue weighted by molar-refractivity contribution is 6.30. The highest BCUT2D eigenvalue weighted by atomic mass is 35.5. The number of aliphatic hydroxyl groups is 1. The van der Waals surface area contributed by atoms with Crippen LogP contribution in [0.2, 0.25) is 5.02 Å². The molecular formula is C16H17ClN2O2. The summed E-state index contributed by atoms with van der Waals surface area (Å²) in [5.74, 6) is 0. The highest BCUT2D eigenvalue weighted by Crippen LogP contribution is 2.19. The minimum absolute atomic E-state index is 0.101. The molecule has 0 aliphatic rings. The van der Waals surface area contributed by atoms with E-state index in [0.29, 0.717) is 10.7 Å². The summed E-state index contributed by atoms with van der Waals surface area (Å²) in [6, 6.07) is 15.7. The Morgan fingerprint density at radius 3 is 2.57 bits per heavy atom. The van der Waals surface area contributed by atoms with Crippen molar-refractivity contribution >= 4 is 23.3 Å². The standard InChI is InChI=1S/C16H17ClN2O2/c1-16(21,12-6-3-2-4-7-12)11-18-15(20)19-14-9-5-8-13(17)10-14/h2-10,21H,11H2,1H3,(H2,18,19,20). The molecule has 0 fully saturated rings. The fraction of sp³-hybridized carbons (Fsp3) is 0.188. The second kappa shape index (κ2) is 6.61. The molecule has 2 aromatic rings. The van der Waals surface area contributed by atoms with Crippen molar-refractivity contribution in [3.8, 4) is 0 Å². The average molecular weight is 305 g/mol. The van der Waals surface area contributed by atoms with E-state index in [1.54, 1.807) is 31.2 Å². The van der Waals surface area contributed by atoms with Crippen molar-refractivity contribution in [3.05, 3.63) is 65.2 Å². The molecule has 0 spiro atoms. The predicted octanol–water partition coefficient (Wildman–Crippen LogP) is 3.37. The number of hydrogen-bond acceptors (Lipinski definition) is 2. The largest absolute Gasteiger partial charge is 0.384 e. The second-order valence-electron chi connectivity index (χ2n) is 4.96. The molecule has 5 heteroatoms. The summed E-state index contributed by atoms with van der Waals surface area (Å²) >= 11 is 5.85. The van der Waals surface area contributed by atoms with Crippen molar-refractivity contribution in [2.24, 2.45) is 0 Å². The van der Waals surface area contributed by atoms with Crippen molar-refractivity contribution in [1.29, 1.82) is 0 Å². The smallest absolute Gasteiger partial charge is 0.319 e. The Balaban J connectivity index is 1.92. The molecule has 0 aliphatic heterocycles. The van der Waals surface area contributed by atoms with Gasteiger partial charge in [-0.05, 0) is 30.7 Å². The van der Waals surface area contributed by atoms with Gasteiger partial charge in [-0.2, -0.15) is 0 Å². The number of halogens is 1. The third-order valence-electron chi connectivity index (χ3n) is 3.07. The van der Waals surface area contributed by atoms with E-state index in [4.69, 9.17) is 11.6 Å². The maximum Gasteiger partial charge on any atom is 0.319 e. The van der Waals surface area contributed by atoms with Gasteiger partial charge in [0, 0.05) is 10.7 Å². The van der Waals surface area contributed by atoms with Gasteiger partial charge >= 0.3 is 6.03 Å². The molecule has 21 heavy (non-hydrogen) atoms. The number of hydrogen-bond donors (Lipinski definition) is 3. The number of rotatable bonds is 4. The van der Waals surface area contributed by atoms with Gasteiger partial charge in [-0.1, -0.05) is 48.0 Å². The zero-order valence-corrected chi connectivity index (χ0v) is 12.4. The Morgan fingerprint density at radius 1 is 1.19 bits per heavy atom. The SMILES string of the molecule is CC(O)(CNC(=O)Nc1cccc(Cl)c1)c1ccccc1. The van der Waals surface area contributed by atoms with E-state index in [9.17, 15) is 9.90 Å². The van der Waals surface area contributed by atoms with Gasteiger partial charge in [-0.25, -0.2) is 4.79 Å². The van der Waals surface area contributed by atoms with E-state index >= 15 is 0 Å². The van der Waals surface area contributed by atoms with Crippen LogP contribution in [0.3, 0.4) is 0 Å². The van der Waals surface area contributed by atoms with Gasteiger partial charge in [0.2, 0.25) is 0 Å². The Labute approximate surface area is 128 Å². The van der Waals surface area contributed by atoms with Crippen LogP contribution < -0.4 is 10.6 Å². The first-order valence-corrected chi connectivity index (χ1v) is 6.93. The van der Waals surface area contributed by atoms with E-state index in [1.165, 1.54) is 0 Å². The third kappa shape index (κ3) is 4.48. The lowest BCUT2D eigenvalue weighted by atomic mass is 9.96. The number of amides is 2. The van der Waals surface area contributed by atoms with Crippen LogP contribution in [-0.4, -0.2) is 17.7 Å². The number of anilines is 1. The lowest BCUT2D eigenvalue weighted by Crippen LogP contribution is -2.40. The third-order valence-corrected chi connectivity index (χ3v) is 3.31. The first-order chi connectivity index (χ1) is 9.97. The molecule has 0 saturated heterocycles. The minimum atomic E-state index is -1.13. The Kier molecular flexibility index (Phi) is 4.83. The first-order valence-electron chi connectivity index (χ1n) is 6.56. The maximum atomic E-state index is 11.8. The Morgan fingerprint density at radius 2 is 1.90 bits per heavy atom. The molecule has 0 aromatic heterocycles. The van der Waals surface area contributed by atoms with Crippen LogP contribution >= 0.6 is 11.6 Å². The molecule has 4 nitrogen and oxygen atoms in total. The number of nitrogens with one attached hydrogen (secondary N) is 2. The van der Waals surface area contributed by atoms with Crippen LogP contribution in [0, 0.1) is 0 Å². The van der Waals surface area contributed by atoms with Crippen LogP contribution in [-0.2, 0) is 5.60 Å². The van der Waals surface area contributed by atoms with Gasteiger partial charge in [0.1, 0.15) is 5.60 Å². The summed E-state index contributed by atoms with van der Waals surface area (Å²) in [6.07, 6.45) is 0. The topological polar surface area (TPSA) is 61.4 Å². The zero-order valence-electron chi connectivity index (χ0n) is 11.6. The van der Waals surface area contributed by atoms with Crippen LogP contribution in [0.5, 0.6) is 0 Å². The van der Waals surface area contributed by atoms with E-state index in [0.717, 1.165) is 5.56 Å². The monoisotopic (exact) mass is 304 g/mol. The molecule has 0 aliphatic carbocycles. The zero-order chi connectivity index (χ0) is 15.3. The van der Waals surface area contributed by atoms with Crippen molar-refractivity contribution < 1.29 is 9.90 Å². The van der Waals surface area contributed by atoms with E-state index in [1.807, 2.05) is 30.3 Å². The van der Waals surface area contributed by atoms with Gasteiger partial charge in [0.15, 0.2) is 0 Å². The predicted molar refractivity (Wildman–Crippen MR) is 84.5 cm³/mol. The molecule has 110 valence electrons. The number of carbonyl (C=O) groups is 1. The lowest BCUT2D eigenvalue weighted by molar-refractivity contribution is 0.0599. The molecule has 1 unspecified atom stereocenters. The summed E-state index contributed by atoms with van der Waals surface area (Å²) < 4.78 is 0. The van der Waals surface area contributed by atoms with Gasteiger partial charge in [0.25, 0.3) is 0 Å². The van der Waals surface area contributed by atoms with Gasteiger partial charge in [0.05, 0.1) is 6.54 Å². The molecule has 0 heterocycles. The fourth-order valence-corrected chi connectivity index (χ4v) is 2.08. The van der Waals surface area contributed by atoms with Crippen molar-refractivity contribution in [2.45, 2.75) is 12.5 Å².